The SMILES string of the molecule is CC(C)CCC[C@@H](C)[C@H]1CC[C@H]2C3CC=C4C[C@@H](OC(=O)C(N)CCC(=O)O)CC[C@]4(C)[C@H]3CC[C@]12C. The Balaban J connectivity index is 1.39. The number of hydrogen-bond donors (Lipinski definition) is 2. The van der Waals surface area contributed by atoms with Gasteiger partial charge in [-0.2, -0.15) is 0 Å². The van der Waals surface area contributed by atoms with Crippen LogP contribution >= 0.6 is 0 Å². The first kappa shape index (κ1) is 28.6. The van der Waals surface area contributed by atoms with Crippen LogP contribution in [-0.4, -0.2) is 29.2 Å². The molecule has 4 aliphatic rings. The number of carbonyl (C=O) groups excluding carboxylic acids is 1. The number of nitrogens with two attached hydrogens (primary N) is 1. The molecule has 5 nitrogen and oxygen atoms in total. The summed E-state index contributed by atoms with van der Waals surface area (Å²) in [6, 6.07) is -0.853. The second-order valence-electron chi connectivity index (χ2n) is 14.1. The van der Waals surface area contributed by atoms with E-state index in [1.165, 1.54) is 56.9 Å². The van der Waals surface area contributed by atoms with E-state index in [0.29, 0.717) is 5.41 Å². The number of aliphatic carboxylic acids is 1. The lowest BCUT2D eigenvalue weighted by Gasteiger charge is -2.58. The third-order valence-electron chi connectivity index (χ3n) is 11.5. The quantitative estimate of drug-likeness (QED) is 0.238. The number of rotatable bonds is 10. The highest BCUT2D eigenvalue weighted by molar-refractivity contribution is 5.76. The van der Waals surface area contributed by atoms with E-state index >= 15 is 0 Å². The Kier molecular flexibility index (Phi) is 8.83. The number of carboxylic acids is 1. The average molecular weight is 516 g/mol. The van der Waals surface area contributed by atoms with E-state index in [4.69, 9.17) is 15.6 Å². The standard InChI is InChI=1S/C32H53NO4/c1-20(2)7-6-8-21(3)25-11-12-26-24-10-9-22-19-23(37-30(36)28(33)13-14-29(34)35)15-17-31(22,4)27(24)16-18-32(25,26)5/h9,20-21,23-28H,6-8,10-19,33H2,1-5H3,(H,34,35)/t21-,23+,24?,25-,26+,27+,28?,31+,32-/m1/s1. The number of allylic oxidation sites excluding steroid dienone is 1. The van der Waals surface area contributed by atoms with Gasteiger partial charge in [0.1, 0.15) is 12.1 Å². The van der Waals surface area contributed by atoms with Gasteiger partial charge in [-0.1, -0.05) is 65.5 Å². The molecule has 5 heteroatoms. The van der Waals surface area contributed by atoms with Gasteiger partial charge in [0.2, 0.25) is 0 Å². The second kappa shape index (κ2) is 11.4. The van der Waals surface area contributed by atoms with Crippen molar-refractivity contribution in [2.45, 2.75) is 130 Å². The maximum absolute atomic E-state index is 12.5. The van der Waals surface area contributed by atoms with Crippen LogP contribution < -0.4 is 5.73 Å². The van der Waals surface area contributed by atoms with Crippen molar-refractivity contribution in [1.29, 1.82) is 0 Å². The van der Waals surface area contributed by atoms with Gasteiger partial charge in [0.25, 0.3) is 0 Å². The molecule has 0 aromatic carbocycles. The third-order valence-corrected chi connectivity index (χ3v) is 11.5. The van der Waals surface area contributed by atoms with Crippen molar-refractivity contribution in [3.8, 4) is 0 Å². The minimum atomic E-state index is -0.934. The Morgan fingerprint density at radius 2 is 1.81 bits per heavy atom. The molecule has 0 aliphatic heterocycles. The van der Waals surface area contributed by atoms with E-state index in [1.807, 2.05) is 0 Å². The largest absolute Gasteiger partial charge is 0.481 e. The molecule has 4 rings (SSSR count). The van der Waals surface area contributed by atoms with Crippen LogP contribution in [0.15, 0.2) is 11.6 Å². The van der Waals surface area contributed by atoms with Crippen molar-refractivity contribution < 1.29 is 19.4 Å². The minimum Gasteiger partial charge on any atom is -0.481 e. The van der Waals surface area contributed by atoms with Crippen LogP contribution in [0.3, 0.4) is 0 Å². The first-order chi connectivity index (χ1) is 17.5. The van der Waals surface area contributed by atoms with E-state index in [0.717, 1.165) is 54.8 Å². The Labute approximate surface area is 225 Å². The summed E-state index contributed by atoms with van der Waals surface area (Å²) in [7, 11) is 0. The fraction of sp³-hybridized carbons (Fsp3) is 0.875. The lowest BCUT2D eigenvalue weighted by Crippen LogP contribution is -2.51. The van der Waals surface area contributed by atoms with Crippen molar-refractivity contribution in [1.82, 2.24) is 0 Å². The lowest BCUT2D eigenvalue weighted by molar-refractivity contribution is -0.153. The third kappa shape index (κ3) is 5.82. The zero-order chi connectivity index (χ0) is 27.0. The maximum atomic E-state index is 12.5. The number of carboxylic acid groups (broad SMARTS) is 1. The molecule has 37 heavy (non-hydrogen) atoms. The average Bonchev–Trinajstić information content (AvgIpc) is 3.19. The summed E-state index contributed by atoms with van der Waals surface area (Å²) < 4.78 is 5.79. The summed E-state index contributed by atoms with van der Waals surface area (Å²) in [5.41, 5.74) is 8.13. The molecule has 210 valence electrons. The van der Waals surface area contributed by atoms with Crippen LogP contribution in [0.1, 0.15) is 118 Å². The van der Waals surface area contributed by atoms with Crippen molar-refractivity contribution in [3.05, 3.63) is 11.6 Å². The van der Waals surface area contributed by atoms with Gasteiger partial charge in [0.15, 0.2) is 0 Å². The number of carbonyl (C=O) groups is 2. The fourth-order valence-electron chi connectivity index (χ4n) is 9.40. The topological polar surface area (TPSA) is 89.6 Å². The number of esters is 1. The summed E-state index contributed by atoms with van der Waals surface area (Å²) >= 11 is 0. The van der Waals surface area contributed by atoms with Crippen LogP contribution in [0, 0.1) is 46.3 Å². The number of ether oxygens (including phenoxy) is 1. The molecule has 9 atom stereocenters. The predicted molar refractivity (Wildman–Crippen MR) is 148 cm³/mol. The van der Waals surface area contributed by atoms with Gasteiger partial charge in [-0.3, -0.25) is 9.59 Å². The normalized spacial score (nSPS) is 38.7. The van der Waals surface area contributed by atoms with Crippen LogP contribution in [0.2, 0.25) is 0 Å². The van der Waals surface area contributed by atoms with E-state index in [2.05, 4.69) is 40.7 Å². The molecule has 0 radical (unpaired) electrons. The van der Waals surface area contributed by atoms with E-state index < -0.39 is 18.0 Å². The second-order valence-corrected chi connectivity index (χ2v) is 14.1. The first-order valence-corrected chi connectivity index (χ1v) is 15.3. The van der Waals surface area contributed by atoms with Gasteiger partial charge in [-0.15, -0.1) is 0 Å². The Hall–Kier alpha value is -1.36. The molecular formula is C32H53NO4. The van der Waals surface area contributed by atoms with E-state index in [-0.39, 0.29) is 24.4 Å². The van der Waals surface area contributed by atoms with Crippen molar-refractivity contribution >= 4 is 11.9 Å². The number of fused-ring (bicyclic) bond motifs is 5. The van der Waals surface area contributed by atoms with Gasteiger partial charge >= 0.3 is 11.9 Å². The summed E-state index contributed by atoms with van der Waals surface area (Å²) in [6.07, 6.45) is 16.0. The van der Waals surface area contributed by atoms with Crippen LogP contribution in [0.4, 0.5) is 0 Å². The monoisotopic (exact) mass is 515 g/mol. The molecule has 2 unspecified atom stereocenters. The molecule has 0 bridgehead atoms. The van der Waals surface area contributed by atoms with Crippen LogP contribution in [0.25, 0.3) is 0 Å². The van der Waals surface area contributed by atoms with Crippen molar-refractivity contribution in [3.63, 3.8) is 0 Å². The maximum Gasteiger partial charge on any atom is 0.323 e. The molecule has 3 N–H and O–H groups in total. The first-order valence-electron chi connectivity index (χ1n) is 15.3. The fourth-order valence-corrected chi connectivity index (χ4v) is 9.40. The molecule has 3 fully saturated rings. The lowest BCUT2D eigenvalue weighted by atomic mass is 9.47. The summed E-state index contributed by atoms with van der Waals surface area (Å²) in [5, 5.41) is 8.87. The van der Waals surface area contributed by atoms with Crippen LogP contribution in [-0.2, 0) is 14.3 Å². The Bertz CT molecular complexity index is 867. The van der Waals surface area contributed by atoms with Crippen molar-refractivity contribution in [2.75, 3.05) is 0 Å². The highest BCUT2D eigenvalue weighted by Crippen LogP contribution is 2.67. The highest BCUT2D eigenvalue weighted by atomic mass is 16.5. The molecule has 0 heterocycles. The Morgan fingerprint density at radius 3 is 2.51 bits per heavy atom. The summed E-state index contributed by atoms with van der Waals surface area (Å²) in [5.74, 6) is 3.53. The molecule has 0 aromatic rings. The van der Waals surface area contributed by atoms with Gasteiger partial charge < -0.3 is 15.6 Å². The van der Waals surface area contributed by atoms with E-state index in [1.54, 1.807) is 0 Å². The van der Waals surface area contributed by atoms with Gasteiger partial charge in [-0.25, -0.2) is 0 Å². The molecule has 0 amide bonds. The molecule has 0 aromatic heterocycles. The predicted octanol–water partition coefficient (Wildman–Crippen LogP) is 7.13. The minimum absolute atomic E-state index is 0.106. The molecule has 0 saturated heterocycles. The van der Waals surface area contributed by atoms with E-state index in [9.17, 15) is 9.59 Å². The molecule has 0 spiro atoms. The zero-order valence-corrected chi connectivity index (χ0v) is 24.1. The molecule has 4 aliphatic carbocycles. The summed E-state index contributed by atoms with van der Waals surface area (Å²) in [6.45, 7) is 12.4. The zero-order valence-electron chi connectivity index (χ0n) is 24.1. The molecule has 3 saturated carbocycles. The van der Waals surface area contributed by atoms with Gasteiger partial charge in [0.05, 0.1) is 0 Å². The van der Waals surface area contributed by atoms with Gasteiger partial charge in [-0.05, 0) is 97.7 Å². The summed E-state index contributed by atoms with van der Waals surface area (Å²) in [4.78, 5) is 23.3. The smallest absolute Gasteiger partial charge is 0.323 e. The van der Waals surface area contributed by atoms with Crippen molar-refractivity contribution in [2.24, 2.45) is 52.1 Å². The van der Waals surface area contributed by atoms with Crippen LogP contribution in [0.5, 0.6) is 0 Å². The highest BCUT2D eigenvalue weighted by Gasteiger charge is 2.59. The molecular weight excluding hydrogens is 462 g/mol. The number of hydrogen-bond acceptors (Lipinski definition) is 4. The Morgan fingerprint density at radius 1 is 1.05 bits per heavy atom. The van der Waals surface area contributed by atoms with Gasteiger partial charge in [0, 0.05) is 12.8 Å².